The van der Waals surface area contributed by atoms with Gasteiger partial charge in [0.05, 0.1) is 5.92 Å². The second kappa shape index (κ2) is 4.28. The van der Waals surface area contributed by atoms with Crippen molar-refractivity contribution in [3.8, 4) is 0 Å². The molecular weight excluding hydrogens is 130 g/mol. The van der Waals surface area contributed by atoms with Crippen LogP contribution in [0.25, 0.3) is 0 Å². The van der Waals surface area contributed by atoms with E-state index in [0.717, 1.165) is 12.8 Å². The predicted octanol–water partition coefficient (Wildman–Crippen LogP) is 0.835. The maximum absolute atomic E-state index is 10.3. The summed E-state index contributed by atoms with van der Waals surface area (Å²) in [5.41, 5.74) is 5.55. The molecule has 60 valence electrons. The van der Waals surface area contributed by atoms with Gasteiger partial charge < -0.3 is 10.8 Å². The van der Waals surface area contributed by atoms with Crippen LogP contribution in [-0.4, -0.2) is 17.1 Å². The van der Waals surface area contributed by atoms with Gasteiger partial charge in [0.15, 0.2) is 0 Å². The van der Waals surface area contributed by atoms with Crippen LogP contribution in [0.15, 0.2) is 0 Å². The normalized spacial score (nSPS) is 16.3. The van der Waals surface area contributed by atoms with Gasteiger partial charge >= 0.3 is 5.97 Å². The first-order chi connectivity index (χ1) is 4.59. The fourth-order valence-corrected chi connectivity index (χ4v) is 0.766. The van der Waals surface area contributed by atoms with Crippen molar-refractivity contribution >= 4 is 5.97 Å². The molecule has 10 heavy (non-hydrogen) atoms. The highest BCUT2D eigenvalue weighted by Crippen LogP contribution is 2.05. The van der Waals surface area contributed by atoms with Crippen molar-refractivity contribution in [1.82, 2.24) is 0 Å². The van der Waals surface area contributed by atoms with Gasteiger partial charge in [0, 0.05) is 6.04 Å². The molecule has 3 N–H and O–H groups in total. The van der Waals surface area contributed by atoms with Crippen LogP contribution in [0.2, 0.25) is 0 Å². The Labute approximate surface area is 61.2 Å². The Hall–Kier alpha value is -0.570. The lowest BCUT2D eigenvalue weighted by Gasteiger charge is -2.13. The number of rotatable bonds is 4. The first-order valence-corrected chi connectivity index (χ1v) is 3.58. The van der Waals surface area contributed by atoms with Crippen molar-refractivity contribution in [3.05, 3.63) is 0 Å². The predicted molar refractivity (Wildman–Crippen MR) is 39.7 cm³/mol. The summed E-state index contributed by atoms with van der Waals surface area (Å²) in [5.74, 6) is -1.22. The van der Waals surface area contributed by atoms with Gasteiger partial charge in [0.2, 0.25) is 0 Å². The molecule has 0 rings (SSSR count). The van der Waals surface area contributed by atoms with E-state index >= 15 is 0 Å². The van der Waals surface area contributed by atoms with Gasteiger partial charge in [-0.15, -0.1) is 0 Å². The van der Waals surface area contributed by atoms with Crippen LogP contribution in [0.5, 0.6) is 0 Å². The van der Waals surface area contributed by atoms with Gasteiger partial charge in [-0.05, 0) is 6.42 Å². The number of aliphatic carboxylic acids is 1. The molecule has 0 heterocycles. The minimum atomic E-state index is -0.805. The SMILES string of the molecule is CCC[C@H](N)[C@H](C)C(=O)O. The maximum Gasteiger partial charge on any atom is 0.307 e. The van der Waals surface area contributed by atoms with Crippen LogP contribution in [0, 0.1) is 5.92 Å². The Kier molecular flexibility index (Phi) is 4.03. The van der Waals surface area contributed by atoms with Crippen molar-refractivity contribution in [1.29, 1.82) is 0 Å². The summed E-state index contributed by atoms with van der Waals surface area (Å²) in [6, 6.07) is -0.192. The minimum absolute atomic E-state index is 0.192. The van der Waals surface area contributed by atoms with E-state index in [4.69, 9.17) is 10.8 Å². The molecular formula is C7H15NO2. The molecule has 0 aliphatic rings. The van der Waals surface area contributed by atoms with Crippen LogP contribution in [0.3, 0.4) is 0 Å². The molecule has 3 nitrogen and oxygen atoms in total. The zero-order chi connectivity index (χ0) is 8.15. The molecule has 0 unspecified atom stereocenters. The molecule has 0 aliphatic carbocycles. The molecule has 0 aromatic carbocycles. The van der Waals surface area contributed by atoms with Gasteiger partial charge in [-0.3, -0.25) is 4.79 Å². The van der Waals surface area contributed by atoms with E-state index in [1.807, 2.05) is 6.92 Å². The Morgan fingerprint density at radius 1 is 1.70 bits per heavy atom. The second-order valence-electron chi connectivity index (χ2n) is 2.58. The molecule has 0 fully saturated rings. The Morgan fingerprint density at radius 2 is 2.20 bits per heavy atom. The van der Waals surface area contributed by atoms with E-state index in [9.17, 15) is 4.79 Å². The number of hydrogen-bond donors (Lipinski definition) is 2. The molecule has 0 aromatic rings. The summed E-state index contributed by atoms with van der Waals surface area (Å²) in [6.45, 7) is 3.64. The molecule has 0 saturated carbocycles. The Balaban J connectivity index is 3.69. The van der Waals surface area contributed by atoms with Gasteiger partial charge in [-0.1, -0.05) is 20.3 Å². The maximum atomic E-state index is 10.3. The van der Waals surface area contributed by atoms with E-state index in [1.54, 1.807) is 6.92 Å². The smallest absolute Gasteiger partial charge is 0.307 e. The van der Waals surface area contributed by atoms with Gasteiger partial charge in [-0.25, -0.2) is 0 Å². The van der Waals surface area contributed by atoms with Crippen molar-refractivity contribution in [2.75, 3.05) is 0 Å². The summed E-state index contributed by atoms with van der Waals surface area (Å²) in [7, 11) is 0. The third kappa shape index (κ3) is 2.82. The largest absolute Gasteiger partial charge is 0.481 e. The van der Waals surface area contributed by atoms with E-state index in [0.29, 0.717) is 0 Å². The van der Waals surface area contributed by atoms with Crippen molar-refractivity contribution in [2.24, 2.45) is 11.7 Å². The average molecular weight is 145 g/mol. The first kappa shape index (κ1) is 9.43. The number of nitrogens with two attached hydrogens (primary N) is 1. The van der Waals surface area contributed by atoms with Crippen LogP contribution in [0.1, 0.15) is 26.7 Å². The lowest BCUT2D eigenvalue weighted by atomic mass is 9.99. The van der Waals surface area contributed by atoms with E-state index < -0.39 is 11.9 Å². The highest BCUT2D eigenvalue weighted by atomic mass is 16.4. The highest BCUT2D eigenvalue weighted by molar-refractivity contribution is 5.70. The standard InChI is InChI=1S/C7H15NO2/c1-3-4-6(8)5(2)7(9)10/h5-6H,3-4,8H2,1-2H3,(H,9,10)/t5-,6-/m0/s1. The van der Waals surface area contributed by atoms with Crippen LogP contribution in [-0.2, 0) is 4.79 Å². The lowest BCUT2D eigenvalue weighted by Crippen LogP contribution is -2.33. The lowest BCUT2D eigenvalue weighted by molar-refractivity contribution is -0.141. The number of carboxylic acids is 1. The molecule has 0 bridgehead atoms. The summed E-state index contributed by atoms with van der Waals surface area (Å²) in [6.07, 6.45) is 1.73. The topological polar surface area (TPSA) is 63.3 Å². The molecule has 3 heteroatoms. The molecule has 2 atom stereocenters. The minimum Gasteiger partial charge on any atom is -0.481 e. The molecule has 0 saturated heterocycles. The van der Waals surface area contributed by atoms with Crippen molar-refractivity contribution in [2.45, 2.75) is 32.7 Å². The summed E-state index contributed by atoms with van der Waals surface area (Å²) in [5, 5.41) is 8.50. The monoisotopic (exact) mass is 145 g/mol. The number of carbonyl (C=O) groups is 1. The summed E-state index contributed by atoms with van der Waals surface area (Å²) >= 11 is 0. The van der Waals surface area contributed by atoms with Gasteiger partial charge in [0.25, 0.3) is 0 Å². The molecule has 0 amide bonds. The third-order valence-electron chi connectivity index (χ3n) is 1.65. The van der Waals surface area contributed by atoms with Crippen LogP contribution >= 0.6 is 0 Å². The zero-order valence-electron chi connectivity index (χ0n) is 6.50. The summed E-state index contributed by atoms with van der Waals surface area (Å²) in [4.78, 5) is 10.3. The molecule has 0 radical (unpaired) electrons. The van der Waals surface area contributed by atoms with Crippen molar-refractivity contribution in [3.63, 3.8) is 0 Å². The average Bonchev–Trinajstić information content (AvgIpc) is 1.87. The molecule has 0 spiro atoms. The molecule has 0 aliphatic heterocycles. The number of carboxylic acid groups (broad SMARTS) is 1. The van der Waals surface area contributed by atoms with Crippen LogP contribution < -0.4 is 5.73 Å². The number of hydrogen-bond acceptors (Lipinski definition) is 2. The zero-order valence-corrected chi connectivity index (χ0v) is 6.50. The first-order valence-electron chi connectivity index (χ1n) is 3.58. The van der Waals surface area contributed by atoms with E-state index in [2.05, 4.69) is 0 Å². The van der Waals surface area contributed by atoms with E-state index in [1.165, 1.54) is 0 Å². The Bertz CT molecular complexity index is 114. The van der Waals surface area contributed by atoms with Crippen LogP contribution in [0.4, 0.5) is 0 Å². The highest BCUT2D eigenvalue weighted by Gasteiger charge is 2.18. The molecule has 0 aromatic heterocycles. The van der Waals surface area contributed by atoms with Gasteiger partial charge in [-0.2, -0.15) is 0 Å². The third-order valence-corrected chi connectivity index (χ3v) is 1.65. The van der Waals surface area contributed by atoms with Gasteiger partial charge in [0.1, 0.15) is 0 Å². The quantitative estimate of drug-likeness (QED) is 0.616. The van der Waals surface area contributed by atoms with E-state index in [-0.39, 0.29) is 6.04 Å². The fraction of sp³-hybridized carbons (Fsp3) is 0.857. The fourth-order valence-electron chi connectivity index (χ4n) is 0.766. The second-order valence-corrected chi connectivity index (χ2v) is 2.58. The van der Waals surface area contributed by atoms with Crippen molar-refractivity contribution < 1.29 is 9.90 Å². The summed E-state index contributed by atoms with van der Waals surface area (Å²) < 4.78 is 0. The Morgan fingerprint density at radius 3 is 2.50 bits per heavy atom.